The van der Waals surface area contributed by atoms with Gasteiger partial charge in [0.2, 0.25) is 0 Å². The van der Waals surface area contributed by atoms with E-state index in [1.165, 1.54) is 0 Å². The Morgan fingerprint density at radius 3 is 1.22 bits per heavy atom. The first-order chi connectivity index (χ1) is 8.25. The second kappa shape index (κ2) is 5.19. The Morgan fingerprint density at radius 1 is 0.611 bits per heavy atom. The molecule has 0 saturated heterocycles. The molecule has 0 atom stereocenters. The van der Waals surface area contributed by atoms with Crippen LogP contribution in [-0.2, 0) is 0 Å². The Labute approximate surface area is 94.8 Å². The van der Waals surface area contributed by atoms with Gasteiger partial charge in [-0.05, 0) is 6.07 Å². The molecule has 0 heterocycles. The minimum absolute atomic E-state index is 0.104. The van der Waals surface area contributed by atoms with Gasteiger partial charge >= 0.3 is 12.2 Å². The summed E-state index contributed by atoms with van der Waals surface area (Å²) in [4.78, 5) is 0. The van der Waals surface area contributed by atoms with Crippen LogP contribution < -0.4 is 0 Å². The lowest BCUT2D eigenvalue weighted by Crippen LogP contribution is -1.95. The van der Waals surface area contributed by atoms with Crippen LogP contribution in [0.25, 0.3) is 11.7 Å². The van der Waals surface area contributed by atoms with Gasteiger partial charge in [-0.25, -0.2) is 17.6 Å². The maximum Gasteiger partial charge on any atom is 0.306 e. The van der Waals surface area contributed by atoms with Crippen LogP contribution in [0.3, 0.4) is 0 Å². The molecule has 18 heavy (non-hydrogen) atoms. The summed E-state index contributed by atoms with van der Waals surface area (Å²) in [5, 5.41) is 0. The zero-order valence-electron chi connectivity index (χ0n) is 8.18. The molecule has 0 aliphatic rings. The highest BCUT2D eigenvalue weighted by molar-refractivity contribution is 5.68. The molecule has 1 rings (SSSR count). The molecule has 0 aliphatic carbocycles. The predicted octanol–water partition coefficient (Wildman–Crippen LogP) is 5.03. The van der Waals surface area contributed by atoms with Crippen LogP contribution in [-0.4, -0.2) is 0 Å². The van der Waals surface area contributed by atoms with Gasteiger partial charge in [-0.15, -0.1) is 0 Å². The lowest BCUT2D eigenvalue weighted by Gasteiger charge is -2.04. The molecule has 1 aromatic carbocycles. The summed E-state index contributed by atoms with van der Waals surface area (Å²) in [6, 6.07) is -0.274. The topological polar surface area (TPSA) is 0 Å². The van der Waals surface area contributed by atoms with E-state index in [0.29, 0.717) is 0 Å². The summed E-state index contributed by atoms with van der Waals surface area (Å²) in [6.07, 6.45) is -5.90. The normalized spacial score (nSPS) is 10.2. The van der Waals surface area contributed by atoms with Crippen LogP contribution in [0, 0.1) is 11.6 Å². The van der Waals surface area contributed by atoms with Gasteiger partial charge in [0.15, 0.2) is 11.7 Å². The van der Waals surface area contributed by atoms with Gasteiger partial charge in [0, 0.05) is 6.07 Å². The molecule has 0 nitrogen and oxygen atoms in total. The van der Waals surface area contributed by atoms with Crippen LogP contribution in [0.1, 0.15) is 11.1 Å². The van der Waals surface area contributed by atoms with E-state index in [1.807, 2.05) is 0 Å². The Hall–Kier alpha value is -1.86. The number of hydrogen-bond donors (Lipinski definition) is 0. The van der Waals surface area contributed by atoms with E-state index in [-0.39, 0.29) is 12.1 Å². The monoisotopic (exact) mass is 274 g/mol. The number of rotatable bonds is 2. The second-order valence-electron chi connectivity index (χ2n) is 2.96. The van der Waals surface area contributed by atoms with Gasteiger partial charge in [-0.1, -0.05) is 0 Å². The van der Waals surface area contributed by atoms with Crippen molar-refractivity contribution >= 4 is 11.7 Å². The van der Waals surface area contributed by atoms with Gasteiger partial charge in [-0.2, -0.15) is 17.6 Å². The Kier molecular flexibility index (Phi) is 4.10. The first-order valence-corrected chi connectivity index (χ1v) is 4.17. The van der Waals surface area contributed by atoms with Gasteiger partial charge < -0.3 is 0 Å². The van der Waals surface area contributed by atoms with Crippen molar-refractivity contribution in [1.29, 1.82) is 0 Å². The first-order valence-electron chi connectivity index (χ1n) is 4.17. The molecule has 0 bridgehead atoms. The van der Waals surface area contributed by atoms with E-state index in [2.05, 4.69) is 0 Å². The van der Waals surface area contributed by atoms with Crippen molar-refractivity contribution in [3.05, 3.63) is 47.1 Å². The van der Waals surface area contributed by atoms with Crippen LogP contribution in [0.15, 0.2) is 24.3 Å². The molecular weight excluding hydrogens is 272 g/mol. The largest absolute Gasteiger partial charge is 0.306 e. The molecule has 0 aromatic heterocycles. The molecule has 0 aliphatic heterocycles. The van der Waals surface area contributed by atoms with E-state index >= 15 is 0 Å². The van der Waals surface area contributed by atoms with Gasteiger partial charge in [0.05, 0.1) is 11.1 Å². The Morgan fingerprint density at radius 2 is 0.944 bits per heavy atom. The zero-order valence-corrected chi connectivity index (χ0v) is 8.18. The summed E-state index contributed by atoms with van der Waals surface area (Å²) < 4.78 is 98.8. The van der Waals surface area contributed by atoms with Crippen LogP contribution in [0.5, 0.6) is 0 Å². The maximum atomic E-state index is 12.9. The molecule has 0 spiro atoms. The molecule has 98 valence electrons. The van der Waals surface area contributed by atoms with E-state index < -0.39 is 46.6 Å². The third-order valence-corrected chi connectivity index (χ3v) is 1.86. The molecule has 0 saturated carbocycles. The summed E-state index contributed by atoms with van der Waals surface area (Å²) in [6.45, 7) is 0. The van der Waals surface area contributed by atoms with Crippen molar-refractivity contribution < 1.29 is 35.1 Å². The molecule has 1 aromatic rings. The molecule has 0 radical (unpaired) electrons. The fourth-order valence-corrected chi connectivity index (χ4v) is 1.09. The Bertz CT molecular complexity index is 490. The van der Waals surface area contributed by atoms with Crippen molar-refractivity contribution in [3.8, 4) is 0 Å². The number of hydrogen-bond acceptors (Lipinski definition) is 0. The SMILES string of the molecule is FC(F)=C(F)c1cc(C(F)=C(F)F)c(F)cc1F. The maximum absolute atomic E-state index is 12.9. The van der Waals surface area contributed by atoms with Gasteiger partial charge in [0.1, 0.15) is 11.6 Å². The quantitative estimate of drug-likeness (QED) is 0.663. The minimum Gasteiger partial charge on any atom is -0.206 e. The highest BCUT2D eigenvalue weighted by atomic mass is 19.3. The highest BCUT2D eigenvalue weighted by Crippen LogP contribution is 2.31. The number of benzene rings is 1. The van der Waals surface area contributed by atoms with Crippen molar-refractivity contribution in [1.82, 2.24) is 0 Å². The highest BCUT2D eigenvalue weighted by Gasteiger charge is 2.21. The van der Waals surface area contributed by atoms with E-state index in [0.717, 1.165) is 0 Å². The minimum atomic E-state index is -2.95. The molecule has 0 unspecified atom stereocenters. The second-order valence-corrected chi connectivity index (χ2v) is 2.96. The van der Waals surface area contributed by atoms with E-state index in [9.17, 15) is 35.1 Å². The van der Waals surface area contributed by atoms with Crippen molar-refractivity contribution in [3.63, 3.8) is 0 Å². The molecule has 0 amide bonds. The van der Waals surface area contributed by atoms with Crippen molar-refractivity contribution in [2.45, 2.75) is 0 Å². The van der Waals surface area contributed by atoms with Crippen LogP contribution in [0.2, 0.25) is 0 Å². The molecular formula is C10H2F8. The smallest absolute Gasteiger partial charge is 0.206 e. The molecule has 0 fully saturated rings. The fourth-order valence-electron chi connectivity index (χ4n) is 1.09. The predicted molar refractivity (Wildman–Crippen MR) is 46.8 cm³/mol. The summed E-state index contributed by atoms with van der Waals surface area (Å²) >= 11 is 0. The first kappa shape index (κ1) is 14.2. The van der Waals surface area contributed by atoms with Crippen molar-refractivity contribution in [2.24, 2.45) is 0 Å². The third-order valence-electron chi connectivity index (χ3n) is 1.86. The average molecular weight is 274 g/mol. The molecule has 8 heteroatoms. The standard InChI is InChI=1S/C10H2F8/c11-5-2-6(12)4(8(14)10(17)18)1-3(5)7(13)9(15)16/h1-2H. The summed E-state index contributed by atoms with van der Waals surface area (Å²) in [5.74, 6) is -8.32. The zero-order chi connectivity index (χ0) is 14.0. The van der Waals surface area contributed by atoms with Crippen molar-refractivity contribution in [2.75, 3.05) is 0 Å². The Balaban J connectivity index is 3.56. The van der Waals surface area contributed by atoms with Gasteiger partial charge in [-0.3, -0.25) is 0 Å². The lowest BCUT2D eigenvalue weighted by atomic mass is 10.1. The lowest BCUT2D eigenvalue weighted by molar-refractivity contribution is 0.408. The average Bonchev–Trinajstić information content (AvgIpc) is 2.27. The third kappa shape index (κ3) is 2.69. The van der Waals surface area contributed by atoms with E-state index in [1.54, 1.807) is 0 Å². The van der Waals surface area contributed by atoms with Gasteiger partial charge in [0.25, 0.3) is 0 Å². The van der Waals surface area contributed by atoms with Crippen LogP contribution in [0.4, 0.5) is 35.1 Å². The number of halogens is 8. The summed E-state index contributed by atoms with van der Waals surface area (Å²) in [7, 11) is 0. The fraction of sp³-hybridized carbons (Fsp3) is 0. The van der Waals surface area contributed by atoms with E-state index in [4.69, 9.17) is 0 Å². The molecule has 0 N–H and O–H groups in total. The van der Waals surface area contributed by atoms with Crippen LogP contribution >= 0.6 is 0 Å². The summed E-state index contributed by atoms with van der Waals surface area (Å²) in [5.41, 5.74) is -3.02.